The molecule has 0 amide bonds. The molecular formula is C11H25Li. The van der Waals surface area contributed by atoms with Crippen LogP contribution in [0.2, 0.25) is 5.09 Å². The maximum atomic E-state index is 2.25. The van der Waals surface area contributed by atoms with Gasteiger partial charge in [0.2, 0.25) is 0 Å². The first kappa shape index (κ1) is 15.1. The predicted molar refractivity (Wildman–Crippen MR) is 59.9 cm³/mol. The molecule has 0 unspecified atom stereocenters. The first-order valence-electron chi connectivity index (χ1n) is 5.83. The Kier molecular flexibility index (Phi) is 22.2. The molecule has 70 valence electrons. The second kappa shape index (κ2) is 17.6. The van der Waals surface area contributed by atoms with Gasteiger partial charge in [-0.15, -0.1) is 0 Å². The van der Waals surface area contributed by atoms with Crippen LogP contribution in [0.5, 0.6) is 0 Å². The molecule has 0 aliphatic heterocycles. The standard InChI is InChI=1S/C7H16.C4H9.Li/c1-3-5-7-6-4-2;1-3-4-2;/h3-7H2,1-2H3;1,3-4H2,2H3;. The average molecular weight is 164 g/mol. The van der Waals surface area contributed by atoms with Gasteiger partial charge in [-0.3, -0.25) is 0 Å². The fourth-order valence-electron chi connectivity index (χ4n) is 1.03. The predicted octanol–water partition coefficient (Wildman–Crippen LogP) is 4.35. The van der Waals surface area contributed by atoms with Gasteiger partial charge >= 0.3 is 42.6 Å². The van der Waals surface area contributed by atoms with Gasteiger partial charge in [0.25, 0.3) is 0 Å². The molecule has 0 aliphatic carbocycles. The molecule has 0 fully saturated rings. The van der Waals surface area contributed by atoms with Gasteiger partial charge in [-0.2, -0.15) is 0 Å². The molecule has 0 aromatic heterocycles. The fraction of sp³-hybridized carbons (Fsp3) is 1.00. The molecule has 0 heterocycles. The number of hydrogen-bond donors (Lipinski definition) is 0. The molecule has 0 radical (unpaired) electrons. The molecule has 0 aromatic carbocycles. The van der Waals surface area contributed by atoms with Crippen molar-refractivity contribution in [2.24, 2.45) is 0 Å². The van der Waals surface area contributed by atoms with Gasteiger partial charge in [-0.1, -0.05) is 46.0 Å². The van der Waals surface area contributed by atoms with E-state index in [2.05, 4.69) is 38.5 Å². The van der Waals surface area contributed by atoms with E-state index in [4.69, 9.17) is 0 Å². The van der Waals surface area contributed by atoms with Crippen LogP contribution < -0.4 is 0 Å². The molecule has 0 atom stereocenters. The van der Waals surface area contributed by atoms with Crippen LogP contribution in [0.25, 0.3) is 0 Å². The molecule has 0 saturated heterocycles. The molecule has 0 N–H and O–H groups in total. The van der Waals surface area contributed by atoms with Crippen LogP contribution in [0.4, 0.5) is 0 Å². The van der Waals surface area contributed by atoms with Gasteiger partial charge in [-0.05, 0) is 0 Å². The summed E-state index contributed by atoms with van der Waals surface area (Å²) in [4.78, 5) is 0. The monoisotopic (exact) mass is 164 g/mol. The summed E-state index contributed by atoms with van der Waals surface area (Å²) in [7, 11) is 0. The average Bonchev–Trinajstić information content (AvgIpc) is 2.08. The van der Waals surface area contributed by atoms with Crippen LogP contribution >= 0.6 is 0 Å². The number of hydrogen-bond acceptors (Lipinski definition) is 0. The molecular weight excluding hydrogens is 139 g/mol. The van der Waals surface area contributed by atoms with E-state index in [-0.39, 0.29) is 0 Å². The third-order valence-corrected chi connectivity index (χ3v) is 1.91. The van der Waals surface area contributed by atoms with Crippen LogP contribution in [0.1, 0.15) is 65.7 Å². The fourth-order valence-corrected chi connectivity index (χ4v) is 1.03. The van der Waals surface area contributed by atoms with Gasteiger partial charge in [0, 0.05) is 0 Å². The molecule has 1 heteroatoms. The summed E-state index contributed by atoms with van der Waals surface area (Å²) in [6.45, 7) is 6.70. The van der Waals surface area contributed by atoms with Crippen molar-refractivity contribution in [3.8, 4) is 0 Å². The van der Waals surface area contributed by atoms with E-state index in [1.165, 1.54) is 50.0 Å². The van der Waals surface area contributed by atoms with Crippen molar-refractivity contribution in [1.29, 1.82) is 0 Å². The van der Waals surface area contributed by atoms with Crippen LogP contribution in [0, 0.1) is 0 Å². The summed E-state index contributed by atoms with van der Waals surface area (Å²) >= 11 is 2.21. The second-order valence-electron chi connectivity index (χ2n) is 3.41. The number of unbranched alkanes of at least 4 members (excludes halogenated alkanes) is 5. The quantitative estimate of drug-likeness (QED) is 0.404. The zero-order valence-corrected chi connectivity index (χ0v) is 9.66. The normalized spacial score (nSPS) is 9.08. The van der Waals surface area contributed by atoms with Crippen molar-refractivity contribution in [3.63, 3.8) is 0 Å². The Hall–Kier alpha value is 0.597. The summed E-state index contributed by atoms with van der Waals surface area (Å²) in [5.74, 6) is 0. The first-order chi connectivity index (χ1) is 5.83. The van der Waals surface area contributed by atoms with Crippen LogP contribution in [0.15, 0.2) is 0 Å². The number of rotatable bonds is 6. The molecule has 0 bridgehead atoms. The second-order valence-corrected chi connectivity index (χ2v) is 3.41. The van der Waals surface area contributed by atoms with E-state index in [0.29, 0.717) is 0 Å². The molecule has 0 nitrogen and oxygen atoms in total. The van der Waals surface area contributed by atoms with E-state index in [9.17, 15) is 0 Å². The minimum absolute atomic E-state index is 1.34. The van der Waals surface area contributed by atoms with Gasteiger partial charge in [0.05, 0.1) is 0 Å². The van der Waals surface area contributed by atoms with Crippen LogP contribution in [-0.4, -0.2) is 17.7 Å². The van der Waals surface area contributed by atoms with Crippen molar-refractivity contribution in [3.05, 3.63) is 0 Å². The SMILES string of the molecule is CCCCCCC.[Li][CH2]CCC. The molecule has 0 saturated carbocycles. The Balaban J connectivity index is 0. The third kappa shape index (κ3) is 22.4. The van der Waals surface area contributed by atoms with Gasteiger partial charge in [0.1, 0.15) is 0 Å². The molecule has 12 heavy (non-hydrogen) atoms. The van der Waals surface area contributed by atoms with E-state index >= 15 is 0 Å². The van der Waals surface area contributed by atoms with E-state index < -0.39 is 0 Å². The topological polar surface area (TPSA) is 0 Å². The Morgan fingerprint density at radius 1 is 0.667 bits per heavy atom. The van der Waals surface area contributed by atoms with Gasteiger partial charge < -0.3 is 0 Å². The maximum absolute atomic E-state index is 2.25. The zero-order valence-electron chi connectivity index (χ0n) is 9.66. The summed E-state index contributed by atoms with van der Waals surface area (Å²) in [5, 5.41) is 1.34. The zero-order chi connectivity index (χ0) is 9.66. The summed E-state index contributed by atoms with van der Waals surface area (Å²) < 4.78 is 0. The van der Waals surface area contributed by atoms with Crippen LogP contribution in [0.3, 0.4) is 0 Å². The Morgan fingerprint density at radius 2 is 1.08 bits per heavy atom. The van der Waals surface area contributed by atoms with Crippen molar-refractivity contribution in [1.82, 2.24) is 0 Å². The van der Waals surface area contributed by atoms with Crippen molar-refractivity contribution in [2.75, 3.05) is 0 Å². The minimum atomic E-state index is 1.34. The van der Waals surface area contributed by atoms with Gasteiger partial charge in [-0.25, -0.2) is 0 Å². The Morgan fingerprint density at radius 3 is 1.25 bits per heavy atom. The molecule has 0 aromatic rings. The van der Waals surface area contributed by atoms with E-state index in [1.54, 1.807) is 0 Å². The Bertz CT molecular complexity index is 47.0. The first-order valence-corrected chi connectivity index (χ1v) is 5.83. The van der Waals surface area contributed by atoms with Crippen LogP contribution in [-0.2, 0) is 0 Å². The van der Waals surface area contributed by atoms with Crippen molar-refractivity contribution in [2.45, 2.75) is 70.8 Å². The summed E-state index contributed by atoms with van der Waals surface area (Å²) in [5.41, 5.74) is 0. The molecule has 0 spiro atoms. The molecule has 0 aliphatic rings. The molecule has 0 rings (SSSR count). The van der Waals surface area contributed by atoms with Crippen molar-refractivity contribution >= 4 is 17.7 Å². The van der Waals surface area contributed by atoms with Crippen molar-refractivity contribution < 1.29 is 0 Å². The van der Waals surface area contributed by atoms with E-state index in [0.717, 1.165) is 0 Å². The van der Waals surface area contributed by atoms with Gasteiger partial charge in [0.15, 0.2) is 0 Å². The third-order valence-electron chi connectivity index (χ3n) is 1.91. The summed E-state index contributed by atoms with van der Waals surface area (Å²) in [6, 6.07) is 0. The van der Waals surface area contributed by atoms with E-state index in [1.807, 2.05) is 0 Å². The summed E-state index contributed by atoms with van der Waals surface area (Å²) in [6.07, 6.45) is 9.74. The Labute approximate surface area is 88.7 Å².